The highest BCUT2D eigenvalue weighted by atomic mass is 32.2. The van der Waals surface area contributed by atoms with Gasteiger partial charge in [0.15, 0.2) is 0 Å². The van der Waals surface area contributed by atoms with Crippen LogP contribution in [0.3, 0.4) is 0 Å². The molecule has 134 valence electrons. The normalized spacial score (nSPS) is 14.3. The molecule has 5 nitrogen and oxygen atoms in total. The Kier molecular flexibility index (Phi) is 5.44. The fourth-order valence-corrected chi connectivity index (χ4v) is 3.66. The third kappa shape index (κ3) is 3.38. The number of ether oxygens (including phenoxy) is 1. The van der Waals surface area contributed by atoms with E-state index in [1.165, 1.54) is 16.7 Å². The summed E-state index contributed by atoms with van der Waals surface area (Å²) in [6, 6.07) is 14.3. The SMILES string of the molecule is COc1ccc(C2=C(SCCO)C(=O)N(c3cccc(C)c3)C2=O)cc1. The highest BCUT2D eigenvalue weighted by Gasteiger charge is 2.40. The van der Waals surface area contributed by atoms with Gasteiger partial charge in [0.1, 0.15) is 5.75 Å². The summed E-state index contributed by atoms with van der Waals surface area (Å²) in [7, 11) is 1.57. The van der Waals surface area contributed by atoms with E-state index in [0.29, 0.717) is 33.2 Å². The van der Waals surface area contributed by atoms with Gasteiger partial charge >= 0.3 is 0 Å². The van der Waals surface area contributed by atoms with E-state index >= 15 is 0 Å². The average Bonchev–Trinajstić information content (AvgIpc) is 2.90. The Hall–Kier alpha value is -2.57. The first-order valence-corrected chi connectivity index (χ1v) is 9.13. The van der Waals surface area contributed by atoms with Crippen LogP contribution in [0.5, 0.6) is 5.75 Å². The van der Waals surface area contributed by atoms with Gasteiger partial charge < -0.3 is 9.84 Å². The van der Waals surface area contributed by atoms with Gasteiger partial charge in [-0.25, -0.2) is 4.90 Å². The zero-order chi connectivity index (χ0) is 18.7. The van der Waals surface area contributed by atoms with Crippen LogP contribution in [0.25, 0.3) is 5.57 Å². The molecule has 1 aliphatic heterocycles. The van der Waals surface area contributed by atoms with Gasteiger partial charge in [0.05, 0.1) is 29.9 Å². The predicted molar refractivity (Wildman–Crippen MR) is 103 cm³/mol. The van der Waals surface area contributed by atoms with E-state index in [9.17, 15) is 9.59 Å². The lowest BCUT2D eigenvalue weighted by Crippen LogP contribution is -2.31. The van der Waals surface area contributed by atoms with Gasteiger partial charge in [-0.1, -0.05) is 24.3 Å². The van der Waals surface area contributed by atoms with E-state index in [0.717, 1.165) is 5.56 Å². The molecule has 0 fully saturated rings. The molecule has 0 saturated carbocycles. The van der Waals surface area contributed by atoms with Crippen molar-refractivity contribution in [1.82, 2.24) is 0 Å². The van der Waals surface area contributed by atoms with Crippen LogP contribution in [0.4, 0.5) is 5.69 Å². The fraction of sp³-hybridized carbons (Fsp3) is 0.200. The van der Waals surface area contributed by atoms with Gasteiger partial charge in [-0.15, -0.1) is 11.8 Å². The molecule has 0 radical (unpaired) electrons. The number of anilines is 1. The molecule has 0 spiro atoms. The van der Waals surface area contributed by atoms with E-state index < -0.39 is 0 Å². The minimum atomic E-state index is -0.357. The summed E-state index contributed by atoms with van der Waals surface area (Å²) in [5, 5.41) is 9.15. The van der Waals surface area contributed by atoms with Crippen molar-refractivity contribution < 1.29 is 19.4 Å². The second-order valence-corrected chi connectivity index (χ2v) is 6.89. The lowest BCUT2D eigenvalue weighted by atomic mass is 10.1. The first-order valence-electron chi connectivity index (χ1n) is 8.14. The van der Waals surface area contributed by atoms with Gasteiger partial charge in [0.2, 0.25) is 0 Å². The Bertz CT molecular complexity index is 874. The van der Waals surface area contributed by atoms with E-state index in [1.807, 2.05) is 19.1 Å². The topological polar surface area (TPSA) is 66.8 Å². The molecular formula is C20H19NO4S. The van der Waals surface area contributed by atoms with E-state index in [1.54, 1.807) is 43.5 Å². The average molecular weight is 369 g/mol. The smallest absolute Gasteiger partial charge is 0.272 e. The largest absolute Gasteiger partial charge is 0.497 e. The first kappa shape index (κ1) is 18.2. The Morgan fingerprint density at radius 3 is 2.42 bits per heavy atom. The van der Waals surface area contributed by atoms with Crippen LogP contribution in [0.2, 0.25) is 0 Å². The van der Waals surface area contributed by atoms with Gasteiger partial charge in [0, 0.05) is 5.75 Å². The van der Waals surface area contributed by atoms with E-state index in [2.05, 4.69) is 0 Å². The fourth-order valence-electron chi connectivity index (χ4n) is 2.81. The standard InChI is InChI=1S/C20H19NO4S/c1-13-4-3-5-15(12-13)21-19(23)17(18(20(21)24)26-11-10-22)14-6-8-16(25-2)9-7-14/h3-9,12,22H,10-11H2,1-2H3. The molecule has 0 unspecified atom stereocenters. The number of rotatable bonds is 6. The monoisotopic (exact) mass is 369 g/mol. The quantitative estimate of drug-likeness (QED) is 0.793. The Morgan fingerprint density at radius 1 is 1.08 bits per heavy atom. The molecule has 6 heteroatoms. The zero-order valence-corrected chi connectivity index (χ0v) is 15.4. The van der Waals surface area contributed by atoms with Crippen LogP contribution < -0.4 is 9.64 Å². The molecule has 1 aliphatic rings. The Morgan fingerprint density at radius 2 is 1.81 bits per heavy atom. The molecule has 2 amide bonds. The van der Waals surface area contributed by atoms with Crippen molar-refractivity contribution in [3.05, 3.63) is 64.6 Å². The number of aliphatic hydroxyl groups excluding tert-OH is 1. The van der Waals surface area contributed by atoms with E-state index in [-0.39, 0.29) is 18.4 Å². The van der Waals surface area contributed by atoms with E-state index in [4.69, 9.17) is 9.84 Å². The summed E-state index contributed by atoms with van der Waals surface area (Å²) in [5.41, 5.74) is 2.52. The molecule has 26 heavy (non-hydrogen) atoms. The van der Waals surface area contributed by atoms with Crippen LogP contribution in [-0.4, -0.2) is 36.4 Å². The van der Waals surface area contributed by atoms with Crippen molar-refractivity contribution in [3.8, 4) is 5.75 Å². The first-order chi connectivity index (χ1) is 12.6. The molecular weight excluding hydrogens is 350 g/mol. The van der Waals surface area contributed by atoms with Crippen LogP contribution >= 0.6 is 11.8 Å². The number of benzene rings is 2. The predicted octanol–water partition coefficient (Wildman–Crippen LogP) is 3.01. The number of imide groups is 1. The highest BCUT2D eigenvalue weighted by Crippen LogP contribution is 2.38. The number of nitrogens with zero attached hydrogens (tertiary/aromatic N) is 1. The van der Waals surface area contributed by atoms with Crippen molar-refractivity contribution in [2.24, 2.45) is 0 Å². The molecule has 2 aromatic carbocycles. The highest BCUT2D eigenvalue weighted by molar-refractivity contribution is 8.04. The zero-order valence-electron chi connectivity index (χ0n) is 14.6. The van der Waals surface area contributed by atoms with Crippen molar-refractivity contribution in [2.75, 3.05) is 24.4 Å². The number of carbonyl (C=O) groups is 2. The maximum Gasteiger partial charge on any atom is 0.272 e. The van der Waals surface area contributed by atoms with Gasteiger partial charge in [0.25, 0.3) is 11.8 Å². The van der Waals surface area contributed by atoms with Crippen LogP contribution in [0.15, 0.2) is 53.4 Å². The number of aryl methyl sites for hydroxylation is 1. The number of hydrogen-bond acceptors (Lipinski definition) is 5. The van der Waals surface area contributed by atoms with Crippen LogP contribution in [0, 0.1) is 6.92 Å². The third-order valence-electron chi connectivity index (χ3n) is 4.02. The molecule has 0 bridgehead atoms. The van der Waals surface area contributed by atoms with Crippen molar-refractivity contribution in [3.63, 3.8) is 0 Å². The lowest BCUT2D eigenvalue weighted by molar-refractivity contribution is -0.119. The molecule has 0 atom stereocenters. The maximum absolute atomic E-state index is 13.1. The van der Waals surface area contributed by atoms with Crippen molar-refractivity contribution in [2.45, 2.75) is 6.92 Å². The Balaban J connectivity index is 2.06. The van der Waals surface area contributed by atoms with Gasteiger partial charge in [-0.05, 0) is 42.3 Å². The lowest BCUT2D eigenvalue weighted by Gasteiger charge is -2.15. The molecule has 2 aromatic rings. The Labute approximate surface area is 156 Å². The summed E-state index contributed by atoms with van der Waals surface area (Å²) in [6.45, 7) is 1.84. The van der Waals surface area contributed by atoms with Crippen LogP contribution in [-0.2, 0) is 9.59 Å². The number of carbonyl (C=O) groups excluding carboxylic acids is 2. The second-order valence-electron chi connectivity index (χ2n) is 5.79. The summed E-state index contributed by atoms with van der Waals surface area (Å²) in [5.74, 6) is 0.303. The summed E-state index contributed by atoms with van der Waals surface area (Å²) in [4.78, 5) is 27.6. The molecule has 0 aliphatic carbocycles. The minimum Gasteiger partial charge on any atom is -0.497 e. The van der Waals surface area contributed by atoms with Gasteiger partial charge in [-0.2, -0.15) is 0 Å². The maximum atomic E-state index is 13.1. The third-order valence-corrected chi connectivity index (χ3v) is 5.07. The molecule has 0 saturated heterocycles. The van der Waals surface area contributed by atoms with Crippen molar-refractivity contribution >= 4 is 34.8 Å². The number of thioether (sulfide) groups is 1. The number of aliphatic hydroxyl groups is 1. The number of methoxy groups -OCH3 is 1. The molecule has 0 aromatic heterocycles. The molecule has 3 rings (SSSR count). The molecule has 1 N–H and O–H groups in total. The van der Waals surface area contributed by atoms with Crippen LogP contribution in [0.1, 0.15) is 11.1 Å². The molecule has 1 heterocycles. The minimum absolute atomic E-state index is 0.0734. The van der Waals surface area contributed by atoms with Gasteiger partial charge in [-0.3, -0.25) is 9.59 Å². The second kappa shape index (κ2) is 7.76. The number of hydrogen-bond donors (Lipinski definition) is 1. The summed E-state index contributed by atoms with van der Waals surface area (Å²) in [6.07, 6.45) is 0. The number of amides is 2. The van der Waals surface area contributed by atoms with Crippen molar-refractivity contribution in [1.29, 1.82) is 0 Å². The summed E-state index contributed by atoms with van der Waals surface area (Å²) >= 11 is 1.20. The summed E-state index contributed by atoms with van der Waals surface area (Å²) < 4.78 is 5.16.